The smallest absolute Gasteiger partial charge is 0.222 e. The highest BCUT2D eigenvalue weighted by Crippen LogP contribution is 2.36. The van der Waals surface area contributed by atoms with Crippen LogP contribution in [0.2, 0.25) is 0 Å². The van der Waals surface area contributed by atoms with Crippen molar-refractivity contribution in [3.8, 4) is 22.2 Å². The maximum absolute atomic E-state index is 9.28. The molecule has 0 saturated carbocycles. The summed E-state index contributed by atoms with van der Waals surface area (Å²) in [7, 11) is 1.64. The fourth-order valence-electron chi connectivity index (χ4n) is 1.74. The molecule has 1 aromatic heterocycles. The fraction of sp³-hybridized carbons (Fsp3) is 0.250. The lowest BCUT2D eigenvalue weighted by Gasteiger charge is -2.10. The number of nitrogens with zero attached hydrogens (tertiary/aromatic N) is 1. The number of methoxy groups -OCH3 is 1. The zero-order valence-corrected chi connectivity index (χ0v) is 10.3. The van der Waals surface area contributed by atoms with Crippen molar-refractivity contribution in [3.63, 3.8) is 0 Å². The molecule has 16 heavy (non-hydrogen) atoms. The summed E-state index contributed by atoms with van der Waals surface area (Å²) in [5.41, 5.74) is 3.21. The first-order valence-corrected chi connectivity index (χ1v) is 5.80. The molecule has 1 heterocycles. The van der Waals surface area contributed by atoms with Crippen LogP contribution in [0.1, 0.15) is 11.1 Å². The van der Waals surface area contributed by atoms with Gasteiger partial charge in [-0.05, 0) is 31.0 Å². The van der Waals surface area contributed by atoms with Crippen LogP contribution in [0, 0.1) is 13.8 Å². The van der Waals surface area contributed by atoms with E-state index in [9.17, 15) is 5.11 Å². The van der Waals surface area contributed by atoms with Gasteiger partial charge in [-0.2, -0.15) is 0 Å². The number of ether oxygens (including phenoxy) is 1. The van der Waals surface area contributed by atoms with E-state index in [4.69, 9.17) is 4.74 Å². The number of thiazole rings is 1. The highest BCUT2D eigenvalue weighted by atomic mass is 32.1. The molecule has 0 aliphatic rings. The lowest BCUT2D eigenvalue weighted by atomic mass is 10.0. The Bertz CT molecular complexity index is 520. The number of aryl methyl sites for hydroxylation is 2. The normalized spacial score (nSPS) is 10.4. The quantitative estimate of drug-likeness (QED) is 0.869. The van der Waals surface area contributed by atoms with Crippen molar-refractivity contribution in [2.24, 2.45) is 0 Å². The van der Waals surface area contributed by atoms with E-state index in [1.807, 2.05) is 19.9 Å². The zero-order valence-electron chi connectivity index (χ0n) is 9.44. The van der Waals surface area contributed by atoms with Crippen LogP contribution in [0.5, 0.6) is 11.6 Å². The fourth-order valence-corrected chi connectivity index (χ4v) is 2.54. The van der Waals surface area contributed by atoms with Crippen molar-refractivity contribution in [3.05, 3.63) is 28.6 Å². The minimum atomic E-state index is 0.0574. The van der Waals surface area contributed by atoms with Crippen LogP contribution >= 0.6 is 11.3 Å². The monoisotopic (exact) mass is 235 g/mol. The summed E-state index contributed by atoms with van der Waals surface area (Å²) in [4.78, 5) is 4.07. The van der Waals surface area contributed by atoms with Gasteiger partial charge in [0.2, 0.25) is 5.88 Å². The van der Waals surface area contributed by atoms with Gasteiger partial charge in [0.25, 0.3) is 0 Å². The minimum Gasteiger partial charge on any atom is -0.496 e. The predicted molar refractivity (Wildman–Crippen MR) is 65.2 cm³/mol. The number of aromatic nitrogens is 1. The lowest BCUT2D eigenvalue weighted by molar-refractivity contribution is 0.415. The second-order valence-electron chi connectivity index (χ2n) is 3.67. The molecular formula is C12H13NO2S. The first kappa shape index (κ1) is 11.0. The molecule has 3 nitrogen and oxygen atoms in total. The Balaban J connectivity index is 2.63. The second-order valence-corrected chi connectivity index (χ2v) is 4.53. The van der Waals surface area contributed by atoms with E-state index in [0.717, 1.165) is 27.4 Å². The van der Waals surface area contributed by atoms with Gasteiger partial charge in [-0.1, -0.05) is 6.07 Å². The average Bonchev–Trinajstić information content (AvgIpc) is 2.63. The molecule has 2 rings (SSSR count). The van der Waals surface area contributed by atoms with Gasteiger partial charge in [0.1, 0.15) is 10.8 Å². The molecule has 2 aromatic rings. The van der Waals surface area contributed by atoms with Crippen LogP contribution in [0.4, 0.5) is 0 Å². The molecule has 0 atom stereocenters. The first-order chi connectivity index (χ1) is 7.61. The van der Waals surface area contributed by atoms with Crippen molar-refractivity contribution in [1.29, 1.82) is 0 Å². The number of rotatable bonds is 2. The molecular weight excluding hydrogens is 222 g/mol. The third-order valence-electron chi connectivity index (χ3n) is 2.37. The molecule has 0 amide bonds. The molecule has 0 saturated heterocycles. The van der Waals surface area contributed by atoms with Crippen molar-refractivity contribution in [1.82, 2.24) is 4.98 Å². The molecule has 1 aromatic carbocycles. The van der Waals surface area contributed by atoms with Crippen LogP contribution in [0.15, 0.2) is 17.5 Å². The molecule has 0 radical (unpaired) electrons. The third-order valence-corrected chi connectivity index (χ3v) is 3.22. The van der Waals surface area contributed by atoms with E-state index in [1.54, 1.807) is 12.5 Å². The number of hydrogen-bond donors (Lipinski definition) is 1. The Labute approximate surface area is 98.4 Å². The Morgan fingerprint density at radius 2 is 2.06 bits per heavy atom. The Kier molecular flexibility index (Phi) is 2.83. The van der Waals surface area contributed by atoms with Gasteiger partial charge in [0, 0.05) is 0 Å². The molecule has 0 bridgehead atoms. The van der Waals surface area contributed by atoms with Gasteiger partial charge >= 0.3 is 0 Å². The summed E-state index contributed by atoms with van der Waals surface area (Å²) in [6, 6.07) is 4.05. The van der Waals surface area contributed by atoms with Crippen LogP contribution in [0.25, 0.3) is 10.6 Å². The topological polar surface area (TPSA) is 42.4 Å². The van der Waals surface area contributed by atoms with Gasteiger partial charge in [-0.3, -0.25) is 0 Å². The molecule has 0 fully saturated rings. The lowest BCUT2D eigenvalue weighted by Crippen LogP contribution is -1.92. The van der Waals surface area contributed by atoms with Crippen molar-refractivity contribution >= 4 is 11.3 Å². The maximum Gasteiger partial charge on any atom is 0.222 e. The number of benzene rings is 1. The summed E-state index contributed by atoms with van der Waals surface area (Å²) >= 11 is 1.41. The van der Waals surface area contributed by atoms with E-state index in [0.29, 0.717) is 0 Å². The maximum atomic E-state index is 9.28. The van der Waals surface area contributed by atoms with Gasteiger partial charge < -0.3 is 9.84 Å². The highest BCUT2D eigenvalue weighted by Gasteiger charge is 2.13. The van der Waals surface area contributed by atoms with E-state index in [1.165, 1.54) is 11.3 Å². The van der Waals surface area contributed by atoms with E-state index < -0.39 is 0 Å². The van der Waals surface area contributed by atoms with E-state index in [2.05, 4.69) is 11.1 Å². The van der Waals surface area contributed by atoms with Crippen LogP contribution < -0.4 is 4.74 Å². The molecule has 4 heteroatoms. The Morgan fingerprint density at radius 1 is 1.31 bits per heavy atom. The van der Waals surface area contributed by atoms with E-state index in [-0.39, 0.29) is 5.88 Å². The van der Waals surface area contributed by atoms with E-state index >= 15 is 0 Å². The molecule has 0 unspecified atom stereocenters. The standard InChI is InChI=1S/C12H13NO2S/c1-7-4-8(2)11(9(5-7)15-3)12-13-10(14)6-16-12/h4-6,14H,1-3H3. The summed E-state index contributed by atoms with van der Waals surface area (Å²) in [6.45, 7) is 4.04. The van der Waals surface area contributed by atoms with Crippen LogP contribution in [0.3, 0.4) is 0 Å². The van der Waals surface area contributed by atoms with Gasteiger partial charge in [-0.15, -0.1) is 11.3 Å². The molecule has 0 aliphatic heterocycles. The number of hydrogen-bond acceptors (Lipinski definition) is 4. The largest absolute Gasteiger partial charge is 0.496 e. The molecule has 0 spiro atoms. The minimum absolute atomic E-state index is 0.0574. The Hall–Kier alpha value is -1.55. The molecule has 0 aliphatic carbocycles. The summed E-state index contributed by atoms with van der Waals surface area (Å²) < 4.78 is 5.36. The molecule has 1 N–H and O–H groups in total. The average molecular weight is 235 g/mol. The van der Waals surface area contributed by atoms with Gasteiger partial charge in [-0.25, -0.2) is 4.98 Å². The first-order valence-electron chi connectivity index (χ1n) is 4.92. The summed E-state index contributed by atoms with van der Waals surface area (Å²) in [5, 5.41) is 11.7. The zero-order chi connectivity index (χ0) is 11.7. The second kappa shape index (κ2) is 4.14. The van der Waals surface area contributed by atoms with Gasteiger partial charge in [0.15, 0.2) is 0 Å². The summed E-state index contributed by atoms with van der Waals surface area (Å²) in [5.74, 6) is 0.855. The summed E-state index contributed by atoms with van der Waals surface area (Å²) in [6.07, 6.45) is 0. The highest BCUT2D eigenvalue weighted by molar-refractivity contribution is 7.13. The molecule has 84 valence electrons. The SMILES string of the molecule is COc1cc(C)cc(C)c1-c1nc(O)cs1. The van der Waals surface area contributed by atoms with Crippen LogP contribution in [-0.2, 0) is 0 Å². The predicted octanol–water partition coefficient (Wildman–Crippen LogP) is 3.14. The Morgan fingerprint density at radius 3 is 2.62 bits per heavy atom. The van der Waals surface area contributed by atoms with Crippen LogP contribution in [-0.4, -0.2) is 17.2 Å². The van der Waals surface area contributed by atoms with Crippen molar-refractivity contribution < 1.29 is 9.84 Å². The number of aromatic hydroxyl groups is 1. The van der Waals surface area contributed by atoms with Crippen molar-refractivity contribution in [2.45, 2.75) is 13.8 Å². The van der Waals surface area contributed by atoms with Crippen molar-refractivity contribution in [2.75, 3.05) is 7.11 Å². The third kappa shape index (κ3) is 1.88. The van der Waals surface area contributed by atoms with Gasteiger partial charge in [0.05, 0.1) is 18.1 Å².